The fourth-order valence-electron chi connectivity index (χ4n) is 3.39. The third-order valence-electron chi connectivity index (χ3n) is 4.80. The van der Waals surface area contributed by atoms with Gasteiger partial charge in [-0.3, -0.25) is 4.99 Å². The van der Waals surface area contributed by atoms with Crippen LogP contribution in [0.2, 0.25) is 0 Å². The number of thiazole rings is 1. The molecule has 1 aromatic heterocycles. The largest absolute Gasteiger partial charge is 0.375 e. The van der Waals surface area contributed by atoms with Gasteiger partial charge in [0.2, 0.25) is 0 Å². The van der Waals surface area contributed by atoms with Gasteiger partial charge in [-0.25, -0.2) is 4.98 Å². The number of aliphatic imine (C=N–C) groups is 1. The second kappa shape index (κ2) is 9.67. The van der Waals surface area contributed by atoms with Crippen LogP contribution in [-0.4, -0.2) is 67.4 Å². The molecule has 2 atom stereocenters. The Hall–Kier alpha value is -1.18. The van der Waals surface area contributed by atoms with Crippen LogP contribution in [0.1, 0.15) is 50.2 Å². The van der Waals surface area contributed by atoms with Gasteiger partial charge in [0.15, 0.2) is 5.96 Å². The third-order valence-corrected chi connectivity index (χ3v) is 5.99. The van der Waals surface area contributed by atoms with Gasteiger partial charge in [-0.05, 0) is 19.8 Å². The molecule has 2 aliphatic heterocycles. The van der Waals surface area contributed by atoms with Crippen LogP contribution < -0.4 is 5.32 Å². The van der Waals surface area contributed by atoms with Crippen molar-refractivity contribution in [2.45, 2.75) is 58.2 Å². The molecule has 2 fully saturated rings. The van der Waals surface area contributed by atoms with E-state index in [2.05, 4.69) is 36.4 Å². The normalized spacial score (nSPS) is 24.5. The molecule has 2 saturated heterocycles. The van der Waals surface area contributed by atoms with Crippen molar-refractivity contribution in [2.24, 2.45) is 4.99 Å². The number of aromatic nitrogens is 1. The lowest BCUT2D eigenvalue weighted by atomic mass is 10.1. The molecule has 0 spiro atoms. The standard InChI is InChI=1S/C19H32N4O2S/c1-4-20-19(21-8-7-15-13-26-18(22-15)14(2)3)23-9-11-25-17(12-23)16-6-5-10-24-16/h13-14,16-17H,4-12H2,1-3H3,(H,20,21). The molecule has 0 aromatic carbocycles. The van der Waals surface area contributed by atoms with Crippen molar-refractivity contribution in [3.8, 4) is 0 Å². The fraction of sp³-hybridized carbons (Fsp3) is 0.789. The van der Waals surface area contributed by atoms with Crippen molar-refractivity contribution < 1.29 is 9.47 Å². The first-order chi connectivity index (χ1) is 12.7. The number of rotatable bonds is 6. The van der Waals surface area contributed by atoms with Gasteiger partial charge in [-0.2, -0.15) is 0 Å². The summed E-state index contributed by atoms with van der Waals surface area (Å²) < 4.78 is 11.8. The summed E-state index contributed by atoms with van der Waals surface area (Å²) in [6.07, 6.45) is 3.53. The number of nitrogens with zero attached hydrogens (tertiary/aromatic N) is 3. The van der Waals surface area contributed by atoms with E-state index in [1.165, 1.54) is 5.01 Å². The molecule has 0 saturated carbocycles. The van der Waals surface area contributed by atoms with Gasteiger partial charge in [-0.15, -0.1) is 11.3 Å². The molecular weight excluding hydrogens is 348 g/mol. The highest BCUT2D eigenvalue weighted by Crippen LogP contribution is 2.21. The van der Waals surface area contributed by atoms with Gasteiger partial charge >= 0.3 is 0 Å². The predicted octanol–water partition coefficient (Wildman–Crippen LogP) is 2.65. The second-order valence-corrected chi connectivity index (χ2v) is 8.11. The number of guanidine groups is 1. The lowest BCUT2D eigenvalue weighted by molar-refractivity contribution is -0.0817. The van der Waals surface area contributed by atoms with E-state index in [-0.39, 0.29) is 12.2 Å². The number of ether oxygens (including phenoxy) is 2. The molecule has 1 N–H and O–H groups in total. The molecule has 7 heteroatoms. The molecular formula is C19H32N4O2S. The molecule has 2 unspecified atom stereocenters. The maximum atomic E-state index is 5.96. The Labute approximate surface area is 161 Å². The first-order valence-corrected chi connectivity index (χ1v) is 10.8. The summed E-state index contributed by atoms with van der Waals surface area (Å²) in [5.74, 6) is 1.48. The lowest BCUT2D eigenvalue weighted by Crippen LogP contribution is -2.53. The van der Waals surface area contributed by atoms with Gasteiger partial charge < -0.3 is 19.7 Å². The zero-order valence-electron chi connectivity index (χ0n) is 16.2. The zero-order valence-corrected chi connectivity index (χ0v) is 17.1. The third kappa shape index (κ3) is 5.18. The van der Waals surface area contributed by atoms with Gasteiger partial charge in [-0.1, -0.05) is 13.8 Å². The van der Waals surface area contributed by atoms with E-state index in [1.54, 1.807) is 11.3 Å². The smallest absolute Gasteiger partial charge is 0.194 e. The molecule has 1 aromatic rings. The predicted molar refractivity (Wildman–Crippen MR) is 106 cm³/mol. The minimum absolute atomic E-state index is 0.155. The zero-order chi connectivity index (χ0) is 18.4. The molecule has 26 heavy (non-hydrogen) atoms. The Morgan fingerprint density at radius 1 is 1.38 bits per heavy atom. The molecule has 0 amide bonds. The van der Waals surface area contributed by atoms with Crippen LogP contribution in [-0.2, 0) is 15.9 Å². The number of morpholine rings is 1. The van der Waals surface area contributed by atoms with Crippen LogP contribution in [0.5, 0.6) is 0 Å². The van der Waals surface area contributed by atoms with Crippen molar-refractivity contribution in [3.05, 3.63) is 16.1 Å². The highest BCUT2D eigenvalue weighted by atomic mass is 32.1. The molecule has 3 rings (SSSR count). The topological polar surface area (TPSA) is 59.0 Å². The summed E-state index contributed by atoms with van der Waals surface area (Å²) in [7, 11) is 0. The van der Waals surface area contributed by atoms with E-state index in [1.807, 2.05) is 0 Å². The highest BCUT2D eigenvalue weighted by Gasteiger charge is 2.32. The Morgan fingerprint density at radius 3 is 2.92 bits per heavy atom. The number of nitrogens with one attached hydrogen (secondary N) is 1. The van der Waals surface area contributed by atoms with Gasteiger partial charge in [0, 0.05) is 50.5 Å². The Morgan fingerprint density at radius 2 is 2.23 bits per heavy atom. The fourth-order valence-corrected chi connectivity index (χ4v) is 4.26. The quantitative estimate of drug-likeness (QED) is 0.607. The summed E-state index contributed by atoms with van der Waals surface area (Å²) >= 11 is 1.75. The minimum atomic E-state index is 0.155. The van der Waals surface area contributed by atoms with E-state index in [0.29, 0.717) is 5.92 Å². The van der Waals surface area contributed by atoms with Gasteiger partial charge in [0.25, 0.3) is 0 Å². The molecule has 0 aliphatic carbocycles. The average molecular weight is 381 g/mol. The maximum absolute atomic E-state index is 5.96. The van der Waals surface area contributed by atoms with Crippen molar-refractivity contribution >= 4 is 17.3 Å². The average Bonchev–Trinajstić information content (AvgIpc) is 3.33. The first-order valence-electron chi connectivity index (χ1n) is 9.88. The maximum Gasteiger partial charge on any atom is 0.194 e. The molecule has 146 valence electrons. The lowest BCUT2D eigenvalue weighted by Gasteiger charge is -2.37. The number of hydrogen-bond acceptors (Lipinski definition) is 5. The van der Waals surface area contributed by atoms with Gasteiger partial charge in [0.05, 0.1) is 23.4 Å². The van der Waals surface area contributed by atoms with Crippen LogP contribution in [0.25, 0.3) is 0 Å². The summed E-state index contributed by atoms with van der Waals surface area (Å²) in [6, 6.07) is 0. The molecule has 0 radical (unpaired) electrons. The van der Waals surface area contributed by atoms with Gasteiger partial charge in [0.1, 0.15) is 6.10 Å². The SMILES string of the molecule is CCNC(=NCCc1csc(C(C)C)n1)N1CCOC(C2CCCO2)C1. The Bertz CT molecular complexity index is 584. The van der Waals surface area contributed by atoms with E-state index < -0.39 is 0 Å². The van der Waals surface area contributed by atoms with E-state index in [9.17, 15) is 0 Å². The summed E-state index contributed by atoms with van der Waals surface area (Å²) in [5.41, 5.74) is 1.15. The Balaban J connectivity index is 1.56. The van der Waals surface area contributed by atoms with Crippen LogP contribution >= 0.6 is 11.3 Å². The van der Waals surface area contributed by atoms with Crippen molar-refractivity contribution in [1.29, 1.82) is 0 Å². The summed E-state index contributed by atoms with van der Waals surface area (Å²) in [6.45, 7) is 11.4. The van der Waals surface area contributed by atoms with Crippen LogP contribution in [0.15, 0.2) is 10.4 Å². The van der Waals surface area contributed by atoms with Crippen LogP contribution in [0, 0.1) is 0 Å². The van der Waals surface area contributed by atoms with E-state index in [4.69, 9.17) is 19.5 Å². The van der Waals surface area contributed by atoms with Crippen molar-refractivity contribution in [1.82, 2.24) is 15.2 Å². The van der Waals surface area contributed by atoms with Crippen LogP contribution in [0.3, 0.4) is 0 Å². The highest BCUT2D eigenvalue weighted by molar-refractivity contribution is 7.09. The Kier molecular flexibility index (Phi) is 7.28. The summed E-state index contributed by atoms with van der Waals surface area (Å²) in [5, 5.41) is 6.81. The van der Waals surface area contributed by atoms with E-state index >= 15 is 0 Å². The first kappa shape index (κ1) is 19.6. The number of hydrogen-bond donors (Lipinski definition) is 1. The summed E-state index contributed by atoms with van der Waals surface area (Å²) in [4.78, 5) is 11.9. The molecule has 6 nitrogen and oxygen atoms in total. The van der Waals surface area contributed by atoms with Crippen molar-refractivity contribution in [2.75, 3.05) is 39.4 Å². The van der Waals surface area contributed by atoms with E-state index in [0.717, 1.165) is 70.3 Å². The monoisotopic (exact) mass is 380 g/mol. The van der Waals surface area contributed by atoms with Crippen molar-refractivity contribution in [3.63, 3.8) is 0 Å². The second-order valence-electron chi connectivity index (χ2n) is 7.22. The molecule has 0 bridgehead atoms. The molecule has 2 aliphatic rings. The molecule has 3 heterocycles. The van der Waals surface area contributed by atoms with Crippen LogP contribution in [0.4, 0.5) is 0 Å². The minimum Gasteiger partial charge on any atom is -0.375 e.